The van der Waals surface area contributed by atoms with Gasteiger partial charge in [-0.25, -0.2) is 0 Å². The number of aliphatic hydroxyl groups excluding tert-OH is 1. The molecule has 1 aliphatic carbocycles. The molecule has 0 saturated heterocycles. The third-order valence-electron chi connectivity index (χ3n) is 1.69. The Morgan fingerprint density at radius 3 is 3.00 bits per heavy atom. The van der Waals surface area contributed by atoms with Crippen molar-refractivity contribution < 1.29 is 9.84 Å². The van der Waals surface area contributed by atoms with E-state index >= 15 is 0 Å². The quantitative estimate of drug-likeness (QED) is 0.494. The predicted octanol–water partition coefficient (Wildman–Crippen LogP) is 1.62. The molecule has 2 atom stereocenters. The van der Waals surface area contributed by atoms with Crippen molar-refractivity contribution in [2.45, 2.75) is 32.2 Å². The highest BCUT2D eigenvalue weighted by Gasteiger charge is 2.14. The molecule has 0 aromatic heterocycles. The second kappa shape index (κ2) is 3.69. The third kappa shape index (κ3) is 2.48. The fourth-order valence-corrected chi connectivity index (χ4v) is 1.000. The lowest BCUT2D eigenvalue weighted by molar-refractivity contribution is -0.0957. The second-order valence-corrected chi connectivity index (χ2v) is 2.88. The van der Waals surface area contributed by atoms with Crippen LogP contribution in [0.15, 0.2) is 24.3 Å². The molecule has 11 heavy (non-hydrogen) atoms. The molecule has 0 saturated carbocycles. The monoisotopic (exact) mass is 154 g/mol. The lowest BCUT2D eigenvalue weighted by Gasteiger charge is -2.15. The molecule has 1 rings (SSSR count). The van der Waals surface area contributed by atoms with Crippen LogP contribution in [0.25, 0.3) is 0 Å². The summed E-state index contributed by atoms with van der Waals surface area (Å²) in [6.07, 6.45) is 5.35. The van der Waals surface area contributed by atoms with Crippen LogP contribution in [0.3, 0.4) is 0 Å². The SMILES string of the molecule is C=C(C)C(O)OC1C=CCC1. The molecule has 2 unspecified atom stereocenters. The molecule has 62 valence electrons. The van der Waals surface area contributed by atoms with Gasteiger partial charge in [0.25, 0.3) is 0 Å². The van der Waals surface area contributed by atoms with Crippen molar-refractivity contribution in [1.82, 2.24) is 0 Å². The van der Waals surface area contributed by atoms with Crippen molar-refractivity contribution in [3.05, 3.63) is 24.3 Å². The summed E-state index contributed by atoms with van der Waals surface area (Å²) < 4.78 is 5.24. The van der Waals surface area contributed by atoms with Crippen LogP contribution in [0.4, 0.5) is 0 Å². The zero-order chi connectivity index (χ0) is 8.27. The first kappa shape index (κ1) is 8.50. The minimum Gasteiger partial charge on any atom is -0.364 e. The molecular formula is C9H14O2. The molecule has 1 aliphatic rings. The van der Waals surface area contributed by atoms with Gasteiger partial charge in [0.2, 0.25) is 0 Å². The number of hydrogen-bond acceptors (Lipinski definition) is 2. The maximum Gasteiger partial charge on any atom is 0.177 e. The fraction of sp³-hybridized carbons (Fsp3) is 0.556. The zero-order valence-electron chi connectivity index (χ0n) is 6.79. The van der Waals surface area contributed by atoms with E-state index in [1.54, 1.807) is 6.92 Å². The summed E-state index contributed by atoms with van der Waals surface area (Å²) in [5.41, 5.74) is 0.658. The summed E-state index contributed by atoms with van der Waals surface area (Å²) in [7, 11) is 0. The highest BCUT2D eigenvalue weighted by atomic mass is 16.6. The summed E-state index contributed by atoms with van der Waals surface area (Å²) in [4.78, 5) is 0. The first-order chi connectivity index (χ1) is 5.20. The van der Waals surface area contributed by atoms with Gasteiger partial charge in [0.05, 0.1) is 6.10 Å². The van der Waals surface area contributed by atoms with Crippen molar-refractivity contribution >= 4 is 0 Å². The van der Waals surface area contributed by atoms with E-state index in [0.717, 1.165) is 12.8 Å². The average molecular weight is 154 g/mol. The Balaban J connectivity index is 2.29. The van der Waals surface area contributed by atoms with Gasteiger partial charge in [-0.15, -0.1) is 0 Å². The second-order valence-electron chi connectivity index (χ2n) is 2.88. The smallest absolute Gasteiger partial charge is 0.177 e. The molecule has 0 aromatic rings. The van der Waals surface area contributed by atoms with E-state index in [4.69, 9.17) is 4.74 Å². The van der Waals surface area contributed by atoms with Crippen LogP contribution in [-0.2, 0) is 4.74 Å². The topological polar surface area (TPSA) is 29.5 Å². The Morgan fingerprint density at radius 1 is 1.82 bits per heavy atom. The van der Waals surface area contributed by atoms with Gasteiger partial charge in [-0.3, -0.25) is 0 Å². The number of hydrogen-bond donors (Lipinski definition) is 1. The largest absolute Gasteiger partial charge is 0.364 e. The van der Waals surface area contributed by atoms with E-state index in [0.29, 0.717) is 5.57 Å². The van der Waals surface area contributed by atoms with Gasteiger partial charge in [0.15, 0.2) is 6.29 Å². The molecule has 0 bridgehead atoms. The highest BCUT2D eigenvalue weighted by Crippen LogP contribution is 2.15. The molecule has 0 radical (unpaired) electrons. The third-order valence-corrected chi connectivity index (χ3v) is 1.69. The van der Waals surface area contributed by atoms with Crippen LogP contribution in [0.2, 0.25) is 0 Å². The maximum atomic E-state index is 9.23. The Labute approximate surface area is 67.2 Å². The summed E-state index contributed by atoms with van der Waals surface area (Å²) in [6, 6.07) is 0. The lowest BCUT2D eigenvalue weighted by Crippen LogP contribution is -2.19. The Bertz CT molecular complexity index is 172. The molecular weight excluding hydrogens is 140 g/mol. The Kier molecular flexibility index (Phi) is 2.85. The average Bonchev–Trinajstić information content (AvgIpc) is 2.39. The van der Waals surface area contributed by atoms with Gasteiger partial charge < -0.3 is 9.84 Å². The minimum absolute atomic E-state index is 0.0849. The number of rotatable bonds is 3. The predicted molar refractivity (Wildman–Crippen MR) is 44.1 cm³/mol. The van der Waals surface area contributed by atoms with Crippen molar-refractivity contribution in [2.24, 2.45) is 0 Å². The normalized spacial score (nSPS) is 25.5. The lowest BCUT2D eigenvalue weighted by atomic mass is 10.3. The van der Waals surface area contributed by atoms with E-state index in [9.17, 15) is 5.11 Å². The molecule has 0 heterocycles. The van der Waals surface area contributed by atoms with Crippen LogP contribution in [0.1, 0.15) is 19.8 Å². The van der Waals surface area contributed by atoms with E-state index in [1.165, 1.54) is 0 Å². The van der Waals surface area contributed by atoms with Crippen LogP contribution < -0.4 is 0 Å². The Hall–Kier alpha value is -0.600. The minimum atomic E-state index is -0.803. The summed E-state index contributed by atoms with van der Waals surface area (Å²) >= 11 is 0. The van der Waals surface area contributed by atoms with Gasteiger partial charge in [0, 0.05) is 0 Å². The van der Waals surface area contributed by atoms with E-state index in [2.05, 4.69) is 12.7 Å². The zero-order valence-corrected chi connectivity index (χ0v) is 6.79. The van der Waals surface area contributed by atoms with Crippen LogP contribution >= 0.6 is 0 Å². The molecule has 1 N–H and O–H groups in total. The van der Waals surface area contributed by atoms with Crippen molar-refractivity contribution in [3.8, 4) is 0 Å². The van der Waals surface area contributed by atoms with Crippen molar-refractivity contribution in [2.75, 3.05) is 0 Å². The molecule has 0 amide bonds. The summed E-state index contributed by atoms with van der Waals surface area (Å²) in [6.45, 7) is 5.35. The van der Waals surface area contributed by atoms with Crippen LogP contribution in [0, 0.1) is 0 Å². The summed E-state index contributed by atoms with van der Waals surface area (Å²) in [5, 5.41) is 9.23. The van der Waals surface area contributed by atoms with E-state index in [-0.39, 0.29) is 6.10 Å². The standard InChI is InChI=1S/C9H14O2/c1-7(2)9(10)11-8-5-3-4-6-8/h3,5,8-10H,1,4,6H2,2H3. The Morgan fingerprint density at radius 2 is 2.55 bits per heavy atom. The number of allylic oxidation sites excluding steroid dienone is 1. The number of ether oxygens (including phenoxy) is 1. The van der Waals surface area contributed by atoms with Gasteiger partial charge in [-0.1, -0.05) is 18.7 Å². The summed E-state index contributed by atoms with van der Waals surface area (Å²) in [5.74, 6) is 0. The first-order valence-corrected chi connectivity index (χ1v) is 3.85. The van der Waals surface area contributed by atoms with Gasteiger partial charge >= 0.3 is 0 Å². The molecule has 0 aromatic carbocycles. The molecule has 2 heteroatoms. The molecule has 0 spiro atoms. The van der Waals surface area contributed by atoms with Crippen LogP contribution in [0.5, 0.6) is 0 Å². The van der Waals surface area contributed by atoms with E-state index in [1.807, 2.05) is 6.08 Å². The maximum absolute atomic E-state index is 9.23. The van der Waals surface area contributed by atoms with Crippen molar-refractivity contribution in [3.63, 3.8) is 0 Å². The van der Waals surface area contributed by atoms with Gasteiger partial charge in [-0.05, 0) is 25.3 Å². The number of aliphatic hydroxyl groups is 1. The first-order valence-electron chi connectivity index (χ1n) is 3.85. The molecule has 0 aliphatic heterocycles. The fourth-order valence-electron chi connectivity index (χ4n) is 1.000. The van der Waals surface area contributed by atoms with Crippen molar-refractivity contribution in [1.29, 1.82) is 0 Å². The van der Waals surface area contributed by atoms with Crippen LogP contribution in [-0.4, -0.2) is 17.5 Å². The molecule has 0 fully saturated rings. The highest BCUT2D eigenvalue weighted by molar-refractivity contribution is 5.00. The van der Waals surface area contributed by atoms with E-state index < -0.39 is 6.29 Å². The molecule has 2 nitrogen and oxygen atoms in total. The van der Waals surface area contributed by atoms with Gasteiger partial charge in [-0.2, -0.15) is 0 Å². The van der Waals surface area contributed by atoms with Gasteiger partial charge in [0.1, 0.15) is 0 Å².